The number of benzene rings is 2. The van der Waals surface area contributed by atoms with Gasteiger partial charge in [-0.05, 0) is 58.2 Å². The zero-order valence-corrected chi connectivity index (χ0v) is 18.3. The van der Waals surface area contributed by atoms with Crippen LogP contribution in [0, 0.1) is 6.92 Å². The maximum atomic E-state index is 12.6. The van der Waals surface area contributed by atoms with Crippen LogP contribution in [0.3, 0.4) is 0 Å². The number of anilines is 1. The highest BCUT2D eigenvalue weighted by molar-refractivity contribution is 9.10. The van der Waals surface area contributed by atoms with E-state index in [0.717, 1.165) is 23.4 Å². The van der Waals surface area contributed by atoms with Crippen molar-refractivity contribution >= 4 is 28.0 Å². The summed E-state index contributed by atoms with van der Waals surface area (Å²) in [5.74, 6) is 1.25. The Morgan fingerprint density at radius 2 is 1.97 bits per heavy atom. The summed E-state index contributed by atoms with van der Waals surface area (Å²) in [6.07, 6.45) is -2.18. The first-order valence-corrected chi connectivity index (χ1v) is 9.94. The van der Waals surface area contributed by atoms with Crippen molar-refractivity contribution in [2.24, 2.45) is 5.10 Å². The molecule has 0 bridgehead atoms. The number of hydrazone groups is 1. The third-order valence-corrected chi connectivity index (χ3v) is 4.79. The Balaban J connectivity index is 1.69. The van der Waals surface area contributed by atoms with E-state index in [4.69, 9.17) is 9.47 Å². The van der Waals surface area contributed by atoms with Crippen molar-refractivity contribution in [1.29, 1.82) is 0 Å². The number of ether oxygens (including phenoxy) is 2. The molecule has 5 nitrogen and oxygen atoms in total. The number of hydrogen-bond donors (Lipinski definition) is 1. The van der Waals surface area contributed by atoms with Gasteiger partial charge in [-0.3, -0.25) is 5.43 Å². The Hall–Kier alpha value is -3.07. The van der Waals surface area contributed by atoms with Crippen LogP contribution < -0.4 is 14.9 Å². The molecular weight excluding hydrogens is 475 g/mol. The Morgan fingerprint density at radius 3 is 2.61 bits per heavy atom. The minimum atomic E-state index is -4.43. The summed E-state index contributed by atoms with van der Waals surface area (Å²) in [5.41, 5.74) is 4.64. The van der Waals surface area contributed by atoms with Crippen molar-refractivity contribution < 1.29 is 22.6 Å². The lowest BCUT2D eigenvalue weighted by Gasteiger charge is -2.14. The highest BCUT2D eigenvalue weighted by Gasteiger charge is 2.30. The average molecular weight is 494 g/mol. The van der Waals surface area contributed by atoms with Gasteiger partial charge in [-0.2, -0.15) is 18.3 Å². The molecular formula is C22H19BrF3N3O2. The van der Waals surface area contributed by atoms with Crippen molar-refractivity contribution in [3.05, 3.63) is 81.5 Å². The van der Waals surface area contributed by atoms with Gasteiger partial charge in [-0.15, -0.1) is 0 Å². The standard InChI is InChI=1S/C22H19BrF3N3O2/c1-14-4-3-5-15(8-14)13-31-21-18(23)9-16(10-19(21)30-2)11-28-29-20-7-6-17(12-27-20)22(24,25)26/h3-12H,13H2,1-2H3,(H,27,29)/b28-11-. The van der Waals surface area contributed by atoms with Crippen LogP contribution in [0.1, 0.15) is 22.3 Å². The number of halogens is 4. The monoisotopic (exact) mass is 493 g/mol. The van der Waals surface area contributed by atoms with Crippen molar-refractivity contribution in [3.63, 3.8) is 0 Å². The number of methoxy groups -OCH3 is 1. The Labute approximate surface area is 186 Å². The molecule has 0 radical (unpaired) electrons. The number of nitrogens with one attached hydrogen (secondary N) is 1. The van der Waals surface area contributed by atoms with E-state index in [2.05, 4.69) is 31.4 Å². The topological polar surface area (TPSA) is 55.7 Å². The summed E-state index contributed by atoms with van der Waals surface area (Å²) >= 11 is 3.48. The highest BCUT2D eigenvalue weighted by Crippen LogP contribution is 2.37. The molecule has 1 aromatic heterocycles. The van der Waals surface area contributed by atoms with Gasteiger partial charge in [0.2, 0.25) is 0 Å². The van der Waals surface area contributed by atoms with Crippen molar-refractivity contribution in [1.82, 2.24) is 4.98 Å². The van der Waals surface area contributed by atoms with Crippen LogP contribution in [-0.2, 0) is 12.8 Å². The summed E-state index contributed by atoms with van der Waals surface area (Å²) < 4.78 is 49.8. The number of nitrogens with zero attached hydrogens (tertiary/aromatic N) is 2. The van der Waals surface area contributed by atoms with E-state index in [9.17, 15) is 13.2 Å². The molecule has 3 rings (SSSR count). The van der Waals surface area contributed by atoms with Crippen LogP contribution >= 0.6 is 15.9 Å². The van der Waals surface area contributed by atoms with Gasteiger partial charge in [0.15, 0.2) is 11.5 Å². The van der Waals surface area contributed by atoms with Crippen LogP contribution in [0.4, 0.5) is 19.0 Å². The van der Waals surface area contributed by atoms with Gasteiger partial charge in [0, 0.05) is 6.20 Å². The predicted molar refractivity (Wildman–Crippen MR) is 117 cm³/mol. The smallest absolute Gasteiger partial charge is 0.417 e. The van der Waals surface area contributed by atoms with Gasteiger partial charge in [0.25, 0.3) is 0 Å². The molecule has 162 valence electrons. The summed E-state index contributed by atoms with van der Waals surface area (Å²) in [5, 5.41) is 4.02. The van der Waals surface area contributed by atoms with Crippen LogP contribution in [-0.4, -0.2) is 18.3 Å². The van der Waals surface area contributed by atoms with Gasteiger partial charge in [0.05, 0.1) is 23.4 Å². The summed E-state index contributed by atoms with van der Waals surface area (Å²) in [6.45, 7) is 2.40. The number of hydrogen-bond acceptors (Lipinski definition) is 5. The van der Waals surface area contributed by atoms with Crippen LogP contribution in [0.5, 0.6) is 11.5 Å². The molecule has 0 fully saturated rings. The van der Waals surface area contributed by atoms with Gasteiger partial charge in [-0.1, -0.05) is 29.8 Å². The van der Waals surface area contributed by atoms with Crippen molar-refractivity contribution in [2.75, 3.05) is 12.5 Å². The Kier molecular flexibility index (Phi) is 7.17. The first-order valence-electron chi connectivity index (χ1n) is 9.14. The largest absolute Gasteiger partial charge is 0.493 e. The fourth-order valence-corrected chi connectivity index (χ4v) is 3.29. The van der Waals surface area contributed by atoms with E-state index in [-0.39, 0.29) is 5.82 Å². The van der Waals surface area contributed by atoms with Gasteiger partial charge < -0.3 is 9.47 Å². The van der Waals surface area contributed by atoms with Crippen molar-refractivity contribution in [2.45, 2.75) is 19.7 Å². The molecule has 3 aromatic rings. The second-order valence-corrected chi connectivity index (χ2v) is 7.47. The summed E-state index contributed by atoms with van der Waals surface area (Å²) in [7, 11) is 1.53. The first kappa shape index (κ1) is 22.6. The number of pyridine rings is 1. The van der Waals surface area contributed by atoms with Gasteiger partial charge >= 0.3 is 6.18 Å². The Bertz CT molecular complexity index is 1070. The second-order valence-electron chi connectivity index (χ2n) is 6.61. The molecule has 0 amide bonds. The lowest BCUT2D eigenvalue weighted by molar-refractivity contribution is -0.137. The molecule has 0 spiro atoms. The van der Waals surface area contributed by atoms with Gasteiger partial charge in [0.1, 0.15) is 12.4 Å². The lowest BCUT2D eigenvalue weighted by Crippen LogP contribution is -2.05. The molecule has 0 aliphatic carbocycles. The third kappa shape index (κ3) is 6.21. The maximum Gasteiger partial charge on any atom is 0.417 e. The minimum Gasteiger partial charge on any atom is -0.493 e. The van der Waals surface area contributed by atoms with E-state index in [1.54, 1.807) is 12.1 Å². The highest BCUT2D eigenvalue weighted by atomic mass is 79.9. The molecule has 0 unspecified atom stereocenters. The zero-order valence-electron chi connectivity index (χ0n) is 16.7. The number of aromatic nitrogens is 1. The fraction of sp³-hybridized carbons (Fsp3) is 0.182. The second kappa shape index (κ2) is 9.82. The van der Waals surface area contributed by atoms with Crippen LogP contribution in [0.25, 0.3) is 0 Å². The predicted octanol–water partition coefficient (Wildman–Crippen LogP) is 6.20. The Morgan fingerprint density at radius 1 is 1.16 bits per heavy atom. The van der Waals surface area contributed by atoms with Crippen molar-refractivity contribution in [3.8, 4) is 11.5 Å². The van der Waals surface area contributed by atoms with E-state index in [1.165, 1.54) is 19.4 Å². The van der Waals surface area contributed by atoms with E-state index in [1.807, 2.05) is 31.2 Å². The molecule has 9 heteroatoms. The lowest BCUT2D eigenvalue weighted by atomic mass is 10.1. The first-order chi connectivity index (χ1) is 14.8. The fourth-order valence-electron chi connectivity index (χ4n) is 2.71. The van der Waals surface area contributed by atoms with Gasteiger partial charge in [-0.25, -0.2) is 4.98 Å². The molecule has 1 heterocycles. The molecule has 0 saturated heterocycles. The maximum absolute atomic E-state index is 12.6. The molecule has 0 aliphatic heterocycles. The molecule has 0 saturated carbocycles. The molecule has 31 heavy (non-hydrogen) atoms. The molecule has 1 N–H and O–H groups in total. The SMILES string of the molecule is COc1cc(/C=N\Nc2ccc(C(F)(F)F)cn2)cc(Br)c1OCc1cccc(C)c1. The number of rotatable bonds is 7. The van der Waals surface area contributed by atoms with E-state index >= 15 is 0 Å². The van der Waals surface area contributed by atoms with E-state index < -0.39 is 11.7 Å². The quantitative estimate of drug-likeness (QED) is 0.314. The molecule has 0 atom stereocenters. The summed E-state index contributed by atoms with van der Waals surface area (Å²) in [6, 6.07) is 13.7. The normalized spacial score (nSPS) is 11.5. The average Bonchev–Trinajstić information content (AvgIpc) is 2.72. The van der Waals surface area contributed by atoms with Crippen LogP contribution in [0.15, 0.2) is 64.3 Å². The zero-order chi connectivity index (χ0) is 22.4. The third-order valence-electron chi connectivity index (χ3n) is 4.20. The van der Waals surface area contributed by atoms with Crippen LogP contribution in [0.2, 0.25) is 0 Å². The minimum absolute atomic E-state index is 0.188. The summed E-state index contributed by atoms with van der Waals surface area (Å²) in [4.78, 5) is 3.70. The molecule has 0 aliphatic rings. The van der Waals surface area contributed by atoms with E-state index in [0.29, 0.717) is 28.1 Å². The number of alkyl halides is 3. The molecule has 2 aromatic carbocycles. The number of aryl methyl sites for hydroxylation is 1.